The van der Waals surface area contributed by atoms with Crippen molar-refractivity contribution in [3.63, 3.8) is 0 Å². The maximum atomic E-state index is 12.5. The highest BCUT2D eigenvalue weighted by Crippen LogP contribution is 2.32. The van der Waals surface area contributed by atoms with Gasteiger partial charge in [0.25, 0.3) is 0 Å². The highest BCUT2D eigenvalue weighted by atomic mass is 19.4. The van der Waals surface area contributed by atoms with Crippen LogP contribution in [0.15, 0.2) is 42.5 Å². The number of carbonyl (C=O) groups is 1. The summed E-state index contributed by atoms with van der Waals surface area (Å²) >= 11 is 0. The average molecular weight is 380 g/mol. The van der Waals surface area contributed by atoms with Crippen molar-refractivity contribution in [2.45, 2.75) is 46.0 Å². The summed E-state index contributed by atoms with van der Waals surface area (Å²) in [6, 6.07) is 10.9. The van der Waals surface area contributed by atoms with E-state index in [9.17, 15) is 18.0 Å². The van der Waals surface area contributed by atoms with Crippen molar-refractivity contribution in [2.24, 2.45) is 0 Å². The van der Waals surface area contributed by atoms with Gasteiger partial charge < -0.3 is 15.4 Å². The van der Waals surface area contributed by atoms with Crippen LogP contribution in [0.25, 0.3) is 0 Å². The van der Waals surface area contributed by atoms with Crippen LogP contribution in [0.3, 0.4) is 0 Å². The van der Waals surface area contributed by atoms with Gasteiger partial charge in [-0.15, -0.1) is 13.2 Å². The number of para-hydroxylation sites is 2. The number of hydrogen-bond acceptors (Lipinski definition) is 2. The first-order valence-electron chi connectivity index (χ1n) is 8.46. The van der Waals surface area contributed by atoms with Gasteiger partial charge in [-0.2, -0.15) is 0 Å². The monoisotopic (exact) mass is 380 g/mol. The normalized spacial score (nSPS) is 11.8. The lowest BCUT2D eigenvalue weighted by atomic mass is 9.84. The second kappa shape index (κ2) is 7.90. The Kier molecular flexibility index (Phi) is 6.03. The number of aryl methyl sites for hydroxylation is 1. The van der Waals surface area contributed by atoms with Crippen molar-refractivity contribution in [1.29, 1.82) is 0 Å². The summed E-state index contributed by atoms with van der Waals surface area (Å²) in [6.45, 7) is 7.90. The van der Waals surface area contributed by atoms with Gasteiger partial charge in [0.05, 0.1) is 0 Å². The standard InChI is InChI=1S/C20H23F3N2O2/c1-13-8-7-10-15(19(2,3)4)17(13)25-18(26)24-12-14-9-5-6-11-16(14)27-20(21,22)23/h5-11H,12H2,1-4H3,(H2,24,25,26). The van der Waals surface area contributed by atoms with Crippen LogP contribution in [0, 0.1) is 6.92 Å². The number of urea groups is 1. The third kappa shape index (κ3) is 5.91. The third-order valence-electron chi connectivity index (χ3n) is 3.96. The molecule has 2 aromatic carbocycles. The van der Waals surface area contributed by atoms with E-state index in [1.807, 2.05) is 45.9 Å². The molecule has 27 heavy (non-hydrogen) atoms. The molecule has 0 aromatic heterocycles. The molecule has 0 atom stereocenters. The number of benzene rings is 2. The summed E-state index contributed by atoms with van der Waals surface area (Å²) < 4.78 is 41.5. The third-order valence-corrected chi connectivity index (χ3v) is 3.96. The molecule has 2 amide bonds. The fraction of sp³-hybridized carbons (Fsp3) is 0.350. The van der Waals surface area contributed by atoms with Gasteiger partial charge in [-0.25, -0.2) is 4.79 Å². The van der Waals surface area contributed by atoms with E-state index < -0.39 is 12.4 Å². The molecule has 0 aliphatic carbocycles. The van der Waals surface area contributed by atoms with E-state index in [1.165, 1.54) is 18.2 Å². The predicted molar refractivity (Wildman–Crippen MR) is 98.9 cm³/mol. The van der Waals surface area contributed by atoms with Crippen LogP contribution in [0.1, 0.15) is 37.5 Å². The number of nitrogens with one attached hydrogen (secondary N) is 2. The van der Waals surface area contributed by atoms with Gasteiger partial charge in [0.1, 0.15) is 5.75 Å². The first-order chi connectivity index (χ1) is 12.5. The molecule has 7 heteroatoms. The minimum Gasteiger partial charge on any atom is -0.405 e. The van der Waals surface area contributed by atoms with E-state index in [0.29, 0.717) is 5.69 Å². The van der Waals surface area contributed by atoms with Gasteiger partial charge in [0.15, 0.2) is 0 Å². The molecule has 0 aliphatic rings. The van der Waals surface area contributed by atoms with E-state index in [4.69, 9.17) is 0 Å². The molecule has 0 radical (unpaired) electrons. The number of anilines is 1. The van der Waals surface area contributed by atoms with Crippen molar-refractivity contribution in [3.8, 4) is 5.75 Å². The van der Waals surface area contributed by atoms with Crippen LogP contribution < -0.4 is 15.4 Å². The van der Waals surface area contributed by atoms with Gasteiger partial charge in [-0.1, -0.05) is 57.2 Å². The highest BCUT2D eigenvalue weighted by Gasteiger charge is 2.32. The van der Waals surface area contributed by atoms with Gasteiger partial charge in [0.2, 0.25) is 0 Å². The Morgan fingerprint density at radius 3 is 2.33 bits per heavy atom. The Balaban J connectivity index is 2.11. The zero-order valence-electron chi connectivity index (χ0n) is 15.7. The Morgan fingerprint density at radius 1 is 1.04 bits per heavy atom. The van der Waals surface area contributed by atoms with E-state index in [0.717, 1.165) is 11.1 Å². The molecule has 0 saturated carbocycles. The lowest BCUT2D eigenvalue weighted by Gasteiger charge is -2.24. The Morgan fingerprint density at radius 2 is 1.70 bits per heavy atom. The summed E-state index contributed by atoms with van der Waals surface area (Å²) in [5.41, 5.74) is 2.62. The Hall–Kier alpha value is -2.70. The molecule has 0 saturated heterocycles. The minimum absolute atomic E-state index is 0.102. The summed E-state index contributed by atoms with van der Waals surface area (Å²) in [5.74, 6) is -0.337. The van der Waals surface area contributed by atoms with Crippen LogP contribution in [-0.2, 0) is 12.0 Å². The molecule has 0 aliphatic heterocycles. The average Bonchev–Trinajstić information content (AvgIpc) is 2.53. The van der Waals surface area contributed by atoms with E-state index >= 15 is 0 Å². The van der Waals surface area contributed by atoms with Crippen molar-refractivity contribution in [3.05, 3.63) is 59.2 Å². The van der Waals surface area contributed by atoms with Crippen LogP contribution in [-0.4, -0.2) is 12.4 Å². The van der Waals surface area contributed by atoms with Crippen LogP contribution in [0.4, 0.5) is 23.7 Å². The highest BCUT2D eigenvalue weighted by molar-refractivity contribution is 5.91. The number of alkyl halides is 3. The summed E-state index contributed by atoms with van der Waals surface area (Å²) in [6.07, 6.45) is -4.79. The first kappa shape index (κ1) is 20.6. The van der Waals surface area contributed by atoms with Gasteiger partial charge >= 0.3 is 12.4 Å². The summed E-state index contributed by atoms with van der Waals surface area (Å²) in [7, 11) is 0. The molecule has 4 nitrogen and oxygen atoms in total. The molecule has 0 bridgehead atoms. The molecule has 0 fully saturated rings. The fourth-order valence-electron chi connectivity index (χ4n) is 2.67. The lowest BCUT2D eigenvalue weighted by molar-refractivity contribution is -0.274. The lowest BCUT2D eigenvalue weighted by Crippen LogP contribution is -2.30. The van der Waals surface area contributed by atoms with Gasteiger partial charge in [-0.3, -0.25) is 0 Å². The predicted octanol–water partition coefficient (Wildman–Crippen LogP) is 5.51. The quantitative estimate of drug-likeness (QED) is 0.734. The van der Waals surface area contributed by atoms with Crippen molar-refractivity contribution in [1.82, 2.24) is 5.32 Å². The fourth-order valence-corrected chi connectivity index (χ4v) is 2.67. The SMILES string of the molecule is Cc1cccc(C(C)(C)C)c1NC(=O)NCc1ccccc1OC(F)(F)F. The van der Waals surface area contributed by atoms with E-state index in [-0.39, 0.29) is 23.3 Å². The molecule has 2 aromatic rings. The van der Waals surface area contributed by atoms with E-state index in [2.05, 4.69) is 15.4 Å². The number of halogens is 3. The van der Waals surface area contributed by atoms with Gasteiger partial charge in [-0.05, 0) is 29.5 Å². The summed E-state index contributed by atoms with van der Waals surface area (Å²) in [4.78, 5) is 12.3. The van der Waals surface area contributed by atoms with Crippen LogP contribution in [0.5, 0.6) is 5.75 Å². The minimum atomic E-state index is -4.79. The number of carbonyl (C=O) groups excluding carboxylic acids is 1. The number of ether oxygens (including phenoxy) is 1. The molecule has 0 unspecified atom stereocenters. The first-order valence-corrected chi connectivity index (χ1v) is 8.46. The molecule has 146 valence electrons. The summed E-state index contributed by atoms with van der Waals surface area (Å²) in [5, 5.41) is 5.39. The topological polar surface area (TPSA) is 50.4 Å². The molecule has 0 heterocycles. The Bertz CT molecular complexity index is 812. The van der Waals surface area contributed by atoms with Gasteiger partial charge in [0, 0.05) is 17.8 Å². The Labute approximate surface area is 156 Å². The maximum Gasteiger partial charge on any atom is 0.573 e. The van der Waals surface area contributed by atoms with Crippen molar-refractivity contribution >= 4 is 11.7 Å². The largest absolute Gasteiger partial charge is 0.573 e. The molecule has 2 rings (SSSR count). The molecule has 0 spiro atoms. The van der Waals surface area contributed by atoms with Crippen molar-refractivity contribution < 1.29 is 22.7 Å². The number of hydrogen-bond donors (Lipinski definition) is 2. The molecular weight excluding hydrogens is 357 g/mol. The second-order valence-corrected chi connectivity index (χ2v) is 7.21. The molecular formula is C20H23F3N2O2. The second-order valence-electron chi connectivity index (χ2n) is 7.21. The number of amides is 2. The number of rotatable bonds is 4. The van der Waals surface area contributed by atoms with Crippen LogP contribution >= 0.6 is 0 Å². The van der Waals surface area contributed by atoms with E-state index in [1.54, 1.807) is 6.07 Å². The van der Waals surface area contributed by atoms with Crippen LogP contribution in [0.2, 0.25) is 0 Å². The zero-order valence-corrected chi connectivity index (χ0v) is 15.7. The smallest absolute Gasteiger partial charge is 0.405 e. The zero-order chi connectivity index (χ0) is 20.2. The molecule has 2 N–H and O–H groups in total. The maximum absolute atomic E-state index is 12.5. The van der Waals surface area contributed by atoms with Crippen molar-refractivity contribution in [2.75, 3.05) is 5.32 Å².